The molecule has 0 radical (unpaired) electrons. The lowest BCUT2D eigenvalue weighted by Gasteiger charge is -2.27. The van der Waals surface area contributed by atoms with Crippen LogP contribution in [0.5, 0.6) is 0 Å². The number of nitrogens with one attached hydrogen (secondary N) is 2. The molecule has 7 nitrogen and oxygen atoms in total. The number of carbonyl (C=O) groups is 1. The summed E-state index contributed by atoms with van der Waals surface area (Å²) in [6, 6.07) is 6.02. The second kappa shape index (κ2) is 9.12. The van der Waals surface area contributed by atoms with Gasteiger partial charge in [-0.05, 0) is 24.3 Å². The van der Waals surface area contributed by atoms with Crippen molar-refractivity contribution in [3.05, 3.63) is 29.8 Å². The van der Waals surface area contributed by atoms with Gasteiger partial charge in [-0.25, -0.2) is 8.42 Å². The van der Waals surface area contributed by atoms with Crippen molar-refractivity contribution in [2.75, 3.05) is 58.7 Å². The highest BCUT2D eigenvalue weighted by Crippen LogP contribution is 2.12. The van der Waals surface area contributed by atoms with Crippen molar-refractivity contribution in [1.29, 1.82) is 0 Å². The van der Waals surface area contributed by atoms with E-state index in [0.717, 1.165) is 32.7 Å². The average molecular weight is 355 g/mol. The summed E-state index contributed by atoms with van der Waals surface area (Å²) in [5.74, 6) is -0.259. The first-order valence-electron chi connectivity index (χ1n) is 8.06. The molecule has 0 atom stereocenters. The zero-order chi connectivity index (χ0) is 17.4. The molecule has 8 heteroatoms. The first-order valence-corrected chi connectivity index (χ1v) is 9.71. The van der Waals surface area contributed by atoms with E-state index >= 15 is 0 Å². The average Bonchev–Trinajstić information content (AvgIpc) is 2.61. The highest BCUT2D eigenvalue weighted by atomic mass is 32.2. The molecule has 2 rings (SSSR count). The third-order valence-electron chi connectivity index (χ3n) is 3.96. The highest BCUT2D eigenvalue weighted by Gasteiger charge is 2.15. The lowest BCUT2D eigenvalue weighted by atomic mass is 10.2. The summed E-state index contributed by atoms with van der Waals surface area (Å²) in [6.07, 6.45) is 0. The Labute approximate surface area is 143 Å². The molecule has 1 saturated heterocycles. The molecule has 1 aromatic carbocycles. The third-order valence-corrected chi connectivity index (χ3v) is 5.65. The maximum atomic E-state index is 12.1. The molecule has 1 heterocycles. The summed E-state index contributed by atoms with van der Waals surface area (Å²) in [5.41, 5.74) is 0.459. The zero-order valence-electron chi connectivity index (χ0n) is 14.0. The molecule has 0 aromatic heterocycles. The Kier molecular flexibility index (Phi) is 7.16. The standard InChI is InChI=1S/C16H25N3O4S/c1-23-12-13-24(21,22)15-4-2-14(3-5-15)16(20)18-8-11-19-9-6-17-7-10-19/h2-5,17H,6-13H2,1H3,(H,18,20). The zero-order valence-corrected chi connectivity index (χ0v) is 14.8. The molecule has 0 unspecified atom stereocenters. The smallest absolute Gasteiger partial charge is 0.251 e. The van der Waals surface area contributed by atoms with Crippen molar-refractivity contribution in [2.24, 2.45) is 0 Å². The van der Waals surface area contributed by atoms with E-state index in [9.17, 15) is 13.2 Å². The molecule has 1 aliphatic heterocycles. The van der Waals surface area contributed by atoms with Gasteiger partial charge in [-0.2, -0.15) is 0 Å². The van der Waals surface area contributed by atoms with E-state index in [2.05, 4.69) is 15.5 Å². The number of carbonyl (C=O) groups excluding carboxylic acids is 1. The molecule has 0 spiro atoms. The van der Waals surface area contributed by atoms with Crippen molar-refractivity contribution in [3.63, 3.8) is 0 Å². The van der Waals surface area contributed by atoms with Gasteiger partial charge in [0.25, 0.3) is 5.91 Å². The Morgan fingerprint density at radius 1 is 1.25 bits per heavy atom. The van der Waals surface area contributed by atoms with Gasteiger partial charge < -0.3 is 15.4 Å². The van der Waals surface area contributed by atoms with Crippen molar-refractivity contribution in [1.82, 2.24) is 15.5 Å². The summed E-state index contributed by atoms with van der Waals surface area (Å²) in [7, 11) is -1.90. The largest absolute Gasteiger partial charge is 0.384 e. The van der Waals surface area contributed by atoms with Crippen LogP contribution in [0.3, 0.4) is 0 Å². The molecule has 1 amide bonds. The molecule has 1 aromatic rings. The van der Waals surface area contributed by atoms with E-state index in [4.69, 9.17) is 4.74 Å². The number of benzene rings is 1. The summed E-state index contributed by atoms with van der Waals surface area (Å²) in [5, 5.41) is 6.15. The summed E-state index contributed by atoms with van der Waals surface area (Å²) in [4.78, 5) is 14.6. The van der Waals surface area contributed by atoms with E-state index in [0.29, 0.717) is 12.1 Å². The maximum Gasteiger partial charge on any atom is 0.251 e. The van der Waals surface area contributed by atoms with Crippen LogP contribution >= 0.6 is 0 Å². The number of rotatable bonds is 8. The van der Waals surface area contributed by atoms with Gasteiger partial charge in [0.15, 0.2) is 9.84 Å². The van der Waals surface area contributed by atoms with Crippen LogP contribution in [0.1, 0.15) is 10.4 Å². The fourth-order valence-electron chi connectivity index (χ4n) is 2.49. The molecule has 0 saturated carbocycles. The highest BCUT2D eigenvalue weighted by molar-refractivity contribution is 7.91. The summed E-state index contributed by atoms with van der Waals surface area (Å²) in [6.45, 7) is 5.48. The maximum absolute atomic E-state index is 12.1. The number of hydrogen-bond donors (Lipinski definition) is 2. The normalized spacial score (nSPS) is 16.0. The van der Waals surface area contributed by atoms with Crippen LogP contribution in [0.2, 0.25) is 0 Å². The first-order chi connectivity index (χ1) is 11.5. The summed E-state index contributed by atoms with van der Waals surface area (Å²) >= 11 is 0. The molecule has 134 valence electrons. The molecule has 0 bridgehead atoms. The van der Waals surface area contributed by atoms with Crippen molar-refractivity contribution >= 4 is 15.7 Å². The first kappa shape index (κ1) is 18.9. The van der Waals surface area contributed by atoms with Gasteiger partial charge in [-0.3, -0.25) is 9.69 Å². The molecular weight excluding hydrogens is 330 g/mol. The number of methoxy groups -OCH3 is 1. The molecule has 0 aliphatic carbocycles. The van der Waals surface area contributed by atoms with E-state index in [1.165, 1.54) is 19.2 Å². The Balaban J connectivity index is 1.84. The topological polar surface area (TPSA) is 87.7 Å². The monoisotopic (exact) mass is 355 g/mol. The fourth-order valence-corrected chi connectivity index (χ4v) is 3.66. The molecule has 24 heavy (non-hydrogen) atoms. The second-order valence-electron chi connectivity index (χ2n) is 5.68. The van der Waals surface area contributed by atoms with Crippen LogP contribution in [0.25, 0.3) is 0 Å². The fraction of sp³-hybridized carbons (Fsp3) is 0.562. The quantitative estimate of drug-likeness (QED) is 0.668. The second-order valence-corrected chi connectivity index (χ2v) is 7.79. The predicted octanol–water partition coefficient (Wildman–Crippen LogP) is -0.258. The SMILES string of the molecule is COCCS(=O)(=O)c1ccc(C(=O)NCCN2CCNCC2)cc1. The van der Waals surface area contributed by atoms with Gasteiger partial charge >= 0.3 is 0 Å². The van der Waals surface area contributed by atoms with E-state index in [1.54, 1.807) is 12.1 Å². The van der Waals surface area contributed by atoms with Crippen LogP contribution in [-0.4, -0.2) is 78.0 Å². The number of amides is 1. The van der Waals surface area contributed by atoms with Gasteiger partial charge in [-0.1, -0.05) is 0 Å². The minimum absolute atomic E-state index is 0.0697. The minimum atomic E-state index is -3.37. The van der Waals surface area contributed by atoms with Gasteiger partial charge in [0, 0.05) is 51.9 Å². The number of hydrogen-bond acceptors (Lipinski definition) is 6. The molecule has 1 fully saturated rings. The number of piperazine rings is 1. The Morgan fingerprint density at radius 3 is 2.54 bits per heavy atom. The van der Waals surface area contributed by atoms with Gasteiger partial charge in [0.2, 0.25) is 0 Å². The van der Waals surface area contributed by atoms with E-state index < -0.39 is 9.84 Å². The van der Waals surface area contributed by atoms with Crippen LogP contribution in [-0.2, 0) is 14.6 Å². The Bertz CT molecular complexity index is 625. The van der Waals surface area contributed by atoms with Crippen molar-refractivity contribution < 1.29 is 17.9 Å². The van der Waals surface area contributed by atoms with Crippen molar-refractivity contribution in [3.8, 4) is 0 Å². The Morgan fingerprint density at radius 2 is 1.92 bits per heavy atom. The number of sulfone groups is 1. The lowest BCUT2D eigenvalue weighted by Crippen LogP contribution is -2.46. The third kappa shape index (κ3) is 5.55. The van der Waals surface area contributed by atoms with E-state index in [-0.39, 0.29) is 23.2 Å². The Hall–Kier alpha value is -1.48. The van der Waals surface area contributed by atoms with Gasteiger partial charge in [0.1, 0.15) is 0 Å². The van der Waals surface area contributed by atoms with Crippen LogP contribution < -0.4 is 10.6 Å². The van der Waals surface area contributed by atoms with Crippen LogP contribution in [0.4, 0.5) is 0 Å². The van der Waals surface area contributed by atoms with E-state index in [1.807, 2.05) is 0 Å². The van der Waals surface area contributed by atoms with Crippen LogP contribution in [0.15, 0.2) is 29.2 Å². The summed E-state index contributed by atoms with van der Waals surface area (Å²) < 4.78 is 28.9. The molecule has 2 N–H and O–H groups in total. The van der Waals surface area contributed by atoms with Crippen molar-refractivity contribution in [2.45, 2.75) is 4.90 Å². The molecule has 1 aliphatic rings. The van der Waals surface area contributed by atoms with Gasteiger partial charge in [0.05, 0.1) is 17.3 Å². The number of ether oxygens (including phenoxy) is 1. The minimum Gasteiger partial charge on any atom is -0.384 e. The van der Waals surface area contributed by atoms with Gasteiger partial charge in [-0.15, -0.1) is 0 Å². The molecular formula is C16H25N3O4S. The lowest BCUT2D eigenvalue weighted by molar-refractivity contribution is 0.0947. The number of nitrogens with zero attached hydrogens (tertiary/aromatic N) is 1. The predicted molar refractivity (Wildman–Crippen MR) is 92.0 cm³/mol. The van der Waals surface area contributed by atoms with Crippen LogP contribution in [0, 0.1) is 0 Å².